The minimum atomic E-state index is 0.222. The number of rotatable bonds is 3. The molecule has 0 amide bonds. The third kappa shape index (κ3) is 2.38. The number of likely N-dealkylation sites (tertiary alicyclic amines) is 1. The molecule has 1 heterocycles. The van der Waals surface area contributed by atoms with Gasteiger partial charge in [-0.15, -0.1) is 0 Å². The number of hydrogen-bond donors (Lipinski definition) is 1. The van der Waals surface area contributed by atoms with Crippen LogP contribution in [0.1, 0.15) is 30.9 Å². The van der Waals surface area contributed by atoms with Crippen molar-refractivity contribution in [3.8, 4) is 17.2 Å². The van der Waals surface area contributed by atoms with E-state index in [0.29, 0.717) is 11.5 Å². The van der Waals surface area contributed by atoms with Gasteiger partial charge < -0.3 is 14.6 Å². The van der Waals surface area contributed by atoms with E-state index in [0.717, 1.165) is 18.5 Å². The van der Waals surface area contributed by atoms with Crippen molar-refractivity contribution >= 4 is 0 Å². The van der Waals surface area contributed by atoms with Gasteiger partial charge in [0.05, 0.1) is 19.8 Å². The van der Waals surface area contributed by atoms with E-state index in [1.54, 1.807) is 20.3 Å². The molecule has 4 heteroatoms. The fraction of sp³-hybridized carbons (Fsp3) is 0.571. The van der Waals surface area contributed by atoms with Gasteiger partial charge in [0.15, 0.2) is 0 Å². The Hall–Kier alpha value is -1.42. The lowest BCUT2D eigenvalue weighted by molar-refractivity contribution is 0.180. The molecule has 0 bridgehead atoms. The van der Waals surface area contributed by atoms with Gasteiger partial charge in [-0.25, -0.2) is 0 Å². The predicted molar refractivity (Wildman–Crippen MR) is 70.4 cm³/mol. The summed E-state index contributed by atoms with van der Waals surface area (Å²) >= 11 is 0. The molecule has 0 radical (unpaired) electrons. The molecule has 100 valence electrons. The van der Waals surface area contributed by atoms with Gasteiger partial charge in [-0.2, -0.15) is 0 Å². The van der Waals surface area contributed by atoms with Crippen molar-refractivity contribution in [1.29, 1.82) is 0 Å². The van der Waals surface area contributed by atoms with Crippen LogP contribution in [-0.4, -0.2) is 37.8 Å². The van der Waals surface area contributed by atoms with Crippen molar-refractivity contribution < 1.29 is 14.6 Å². The minimum absolute atomic E-state index is 0.222. The van der Waals surface area contributed by atoms with Crippen molar-refractivity contribution in [1.82, 2.24) is 4.90 Å². The lowest BCUT2D eigenvalue weighted by Gasteiger charge is -2.34. The summed E-state index contributed by atoms with van der Waals surface area (Å²) in [7, 11) is 5.30. The largest absolute Gasteiger partial charge is 0.507 e. The maximum Gasteiger partial charge on any atom is 0.131 e. The molecule has 0 aliphatic carbocycles. The first kappa shape index (κ1) is 13.0. The lowest BCUT2D eigenvalue weighted by Crippen LogP contribution is -2.29. The highest BCUT2D eigenvalue weighted by molar-refractivity contribution is 5.51. The van der Waals surface area contributed by atoms with Crippen molar-refractivity contribution in [2.45, 2.75) is 25.3 Å². The number of phenolic OH excluding ortho intramolecular Hbond substituents is 1. The maximum absolute atomic E-state index is 10.2. The number of piperidine rings is 1. The van der Waals surface area contributed by atoms with Crippen LogP contribution in [0.15, 0.2) is 12.1 Å². The molecule has 0 saturated carbocycles. The van der Waals surface area contributed by atoms with Crippen molar-refractivity contribution in [3.05, 3.63) is 17.7 Å². The van der Waals surface area contributed by atoms with Crippen LogP contribution < -0.4 is 9.47 Å². The highest BCUT2D eigenvalue weighted by Gasteiger charge is 2.27. The van der Waals surface area contributed by atoms with Gasteiger partial charge in [0.1, 0.15) is 17.2 Å². The average molecular weight is 251 g/mol. The van der Waals surface area contributed by atoms with Gasteiger partial charge in [-0.3, -0.25) is 4.90 Å². The number of hydrogen-bond acceptors (Lipinski definition) is 4. The zero-order valence-electron chi connectivity index (χ0n) is 11.3. The van der Waals surface area contributed by atoms with Gasteiger partial charge in [-0.1, -0.05) is 6.42 Å². The fourth-order valence-corrected chi connectivity index (χ4v) is 2.65. The number of phenols is 1. The molecule has 1 N–H and O–H groups in total. The third-order valence-corrected chi connectivity index (χ3v) is 3.65. The van der Waals surface area contributed by atoms with Crippen LogP contribution >= 0.6 is 0 Å². The monoisotopic (exact) mass is 251 g/mol. The Morgan fingerprint density at radius 3 is 2.61 bits per heavy atom. The van der Waals surface area contributed by atoms with E-state index in [4.69, 9.17) is 9.47 Å². The van der Waals surface area contributed by atoms with Crippen LogP contribution in [-0.2, 0) is 0 Å². The summed E-state index contributed by atoms with van der Waals surface area (Å²) in [4.78, 5) is 2.27. The molecule has 1 aromatic rings. The molecule has 1 aromatic carbocycles. The molecule has 2 rings (SSSR count). The molecule has 1 fully saturated rings. The van der Waals surface area contributed by atoms with Gasteiger partial charge in [0.2, 0.25) is 0 Å². The van der Waals surface area contributed by atoms with Gasteiger partial charge in [0, 0.05) is 18.2 Å². The second-order valence-electron chi connectivity index (χ2n) is 4.75. The summed E-state index contributed by atoms with van der Waals surface area (Å²) in [6, 6.07) is 3.71. The molecular weight excluding hydrogens is 230 g/mol. The number of aromatic hydroxyl groups is 1. The molecule has 4 nitrogen and oxygen atoms in total. The molecule has 18 heavy (non-hydrogen) atoms. The minimum Gasteiger partial charge on any atom is -0.507 e. The number of benzene rings is 1. The number of ether oxygens (including phenoxy) is 2. The summed E-state index contributed by atoms with van der Waals surface area (Å²) in [6.07, 6.45) is 3.45. The standard InChI is InChI=1S/C14H21NO3/c1-15-7-5-4-6-11(15)14-12(16)8-10(17-2)9-13(14)18-3/h8-9,11,16H,4-7H2,1-3H3. The van der Waals surface area contributed by atoms with Gasteiger partial charge in [0.25, 0.3) is 0 Å². The Morgan fingerprint density at radius 1 is 1.22 bits per heavy atom. The molecule has 1 aliphatic heterocycles. The van der Waals surface area contributed by atoms with Crippen LogP contribution in [0.5, 0.6) is 17.2 Å². The highest BCUT2D eigenvalue weighted by atomic mass is 16.5. The van der Waals surface area contributed by atoms with E-state index in [9.17, 15) is 5.11 Å². The van der Waals surface area contributed by atoms with Crippen LogP contribution in [0.3, 0.4) is 0 Å². The van der Waals surface area contributed by atoms with Crippen molar-refractivity contribution in [2.24, 2.45) is 0 Å². The normalized spacial score (nSPS) is 20.7. The molecule has 1 unspecified atom stereocenters. The SMILES string of the molecule is COc1cc(O)c(C2CCCCN2C)c(OC)c1. The first-order valence-corrected chi connectivity index (χ1v) is 6.32. The predicted octanol–water partition coefficient (Wildman–Crippen LogP) is 2.57. The van der Waals surface area contributed by atoms with E-state index < -0.39 is 0 Å². The summed E-state index contributed by atoms with van der Waals surface area (Å²) in [5, 5.41) is 10.2. The van der Waals surface area contributed by atoms with Crippen LogP contribution in [0.4, 0.5) is 0 Å². The Balaban J connectivity index is 2.41. The molecule has 0 spiro atoms. The second-order valence-corrected chi connectivity index (χ2v) is 4.75. The van der Waals surface area contributed by atoms with Crippen molar-refractivity contribution in [2.75, 3.05) is 27.8 Å². The Kier molecular flexibility index (Phi) is 3.97. The quantitative estimate of drug-likeness (QED) is 0.896. The summed E-state index contributed by atoms with van der Waals surface area (Å²) in [5.74, 6) is 1.57. The molecule has 1 aliphatic rings. The smallest absolute Gasteiger partial charge is 0.131 e. The van der Waals surface area contributed by atoms with E-state index >= 15 is 0 Å². The van der Waals surface area contributed by atoms with Crippen molar-refractivity contribution in [3.63, 3.8) is 0 Å². The zero-order chi connectivity index (χ0) is 13.1. The molecular formula is C14H21NO3. The van der Waals surface area contributed by atoms with Crippen LogP contribution in [0, 0.1) is 0 Å². The van der Waals surface area contributed by atoms with Gasteiger partial charge >= 0.3 is 0 Å². The maximum atomic E-state index is 10.2. The number of methoxy groups -OCH3 is 2. The first-order chi connectivity index (χ1) is 8.67. The Morgan fingerprint density at radius 2 is 2.00 bits per heavy atom. The first-order valence-electron chi connectivity index (χ1n) is 6.32. The van der Waals surface area contributed by atoms with E-state index in [2.05, 4.69) is 11.9 Å². The molecule has 1 atom stereocenters. The summed E-state index contributed by atoms with van der Waals surface area (Å²) in [6.45, 7) is 1.05. The fourth-order valence-electron chi connectivity index (χ4n) is 2.65. The third-order valence-electron chi connectivity index (χ3n) is 3.65. The lowest BCUT2D eigenvalue weighted by atomic mass is 9.94. The van der Waals surface area contributed by atoms with E-state index in [1.165, 1.54) is 12.8 Å². The Bertz CT molecular complexity index is 420. The molecule has 0 aromatic heterocycles. The topological polar surface area (TPSA) is 41.9 Å². The average Bonchev–Trinajstić information content (AvgIpc) is 2.39. The van der Waals surface area contributed by atoms with Gasteiger partial charge in [-0.05, 0) is 26.4 Å². The molecule has 1 saturated heterocycles. The van der Waals surface area contributed by atoms with E-state index in [1.807, 2.05) is 6.07 Å². The van der Waals surface area contributed by atoms with E-state index in [-0.39, 0.29) is 11.8 Å². The summed E-state index contributed by atoms with van der Waals surface area (Å²) < 4.78 is 10.6. The Labute approximate surface area is 108 Å². The zero-order valence-corrected chi connectivity index (χ0v) is 11.3. The van der Waals surface area contributed by atoms with Crippen LogP contribution in [0.2, 0.25) is 0 Å². The second kappa shape index (κ2) is 5.48. The number of nitrogens with zero attached hydrogens (tertiary/aromatic N) is 1. The highest BCUT2D eigenvalue weighted by Crippen LogP contribution is 2.42. The summed E-state index contributed by atoms with van der Waals surface area (Å²) in [5.41, 5.74) is 0.875. The van der Waals surface area contributed by atoms with Crippen LogP contribution in [0.25, 0.3) is 0 Å².